The number of ether oxygens (including phenoxy) is 1. The van der Waals surface area contributed by atoms with Crippen molar-refractivity contribution in [1.82, 2.24) is 9.62 Å². The molecule has 2 fully saturated rings. The molecule has 1 aliphatic carbocycles. The number of sulfonamides is 1. The molecule has 1 saturated heterocycles. The molecule has 0 unspecified atom stereocenters. The van der Waals surface area contributed by atoms with Crippen LogP contribution in [0.5, 0.6) is 0 Å². The van der Waals surface area contributed by atoms with E-state index < -0.39 is 10.0 Å². The number of carbonyl (C=O) groups excluding carboxylic acids is 1. The highest BCUT2D eigenvalue weighted by Gasteiger charge is 2.47. The minimum atomic E-state index is -3.50. The molecule has 0 bridgehead atoms. The zero-order chi connectivity index (χ0) is 15.1. The number of thiophene rings is 1. The zero-order valence-electron chi connectivity index (χ0n) is 11.8. The second kappa shape index (κ2) is 5.35. The molecule has 1 aliphatic heterocycles. The molecule has 0 radical (unpaired) electrons. The van der Waals surface area contributed by atoms with Crippen LogP contribution in [-0.2, 0) is 14.8 Å². The molecule has 2 heterocycles. The van der Waals surface area contributed by atoms with E-state index in [1.165, 1.54) is 29.8 Å². The number of nitrogens with zero attached hydrogens (tertiary/aromatic N) is 1. The molecule has 8 heteroatoms. The third kappa shape index (κ3) is 2.50. The van der Waals surface area contributed by atoms with Gasteiger partial charge in [0.15, 0.2) is 0 Å². The Balaban J connectivity index is 1.85. The van der Waals surface area contributed by atoms with Crippen molar-refractivity contribution >= 4 is 27.3 Å². The standard InChI is InChI=1S/C13H18N2O4S2/c1-14-21(17,18)10-7-11(20-8-10)12(16)15-5-6-19-9-13(15)3-2-4-13/h7-8,14H,2-6,9H2,1H3. The Kier molecular flexibility index (Phi) is 3.81. The summed E-state index contributed by atoms with van der Waals surface area (Å²) < 4.78 is 31.3. The van der Waals surface area contributed by atoms with Crippen molar-refractivity contribution in [3.63, 3.8) is 0 Å². The van der Waals surface area contributed by atoms with Crippen LogP contribution < -0.4 is 4.72 Å². The number of hydrogen-bond donors (Lipinski definition) is 1. The fourth-order valence-electron chi connectivity index (χ4n) is 2.87. The molecule has 1 aromatic heterocycles. The Morgan fingerprint density at radius 2 is 2.24 bits per heavy atom. The molecule has 2 aliphatic rings. The number of carbonyl (C=O) groups is 1. The molecule has 0 atom stereocenters. The van der Waals surface area contributed by atoms with Gasteiger partial charge in [-0.15, -0.1) is 11.3 Å². The van der Waals surface area contributed by atoms with Gasteiger partial charge in [0.2, 0.25) is 10.0 Å². The quantitative estimate of drug-likeness (QED) is 0.899. The average molecular weight is 330 g/mol. The Morgan fingerprint density at radius 3 is 2.86 bits per heavy atom. The van der Waals surface area contributed by atoms with Crippen molar-refractivity contribution in [2.45, 2.75) is 29.7 Å². The lowest BCUT2D eigenvalue weighted by atomic mass is 9.75. The number of amides is 1. The largest absolute Gasteiger partial charge is 0.377 e. The van der Waals surface area contributed by atoms with E-state index in [-0.39, 0.29) is 16.3 Å². The molecule has 1 N–H and O–H groups in total. The second-order valence-corrected chi connectivity index (χ2v) is 8.24. The third-order valence-electron chi connectivity index (χ3n) is 4.30. The minimum absolute atomic E-state index is 0.0828. The molecule has 1 spiro atoms. The average Bonchev–Trinajstić information content (AvgIpc) is 2.95. The van der Waals surface area contributed by atoms with Crippen LogP contribution in [0.1, 0.15) is 28.9 Å². The van der Waals surface area contributed by atoms with Gasteiger partial charge in [-0.1, -0.05) is 0 Å². The summed E-state index contributed by atoms with van der Waals surface area (Å²) in [5.41, 5.74) is -0.165. The maximum Gasteiger partial charge on any atom is 0.264 e. The van der Waals surface area contributed by atoms with Crippen LogP contribution >= 0.6 is 11.3 Å². The number of nitrogens with one attached hydrogen (secondary N) is 1. The van der Waals surface area contributed by atoms with E-state index in [1.54, 1.807) is 0 Å². The fourth-order valence-corrected chi connectivity index (χ4v) is 4.82. The maximum atomic E-state index is 12.7. The van der Waals surface area contributed by atoms with Crippen molar-refractivity contribution in [3.8, 4) is 0 Å². The molecular weight excluding hydrogens is 312 g/mol. The van der Waals surface area contributed by atoms with Crippen molar-refractivity contribution in [2.75, 3.05) is 26.8 Å². The van der Waals surface area contributed by atoms with E-state index in [1.807, 2.05) is 4.90 Å². The van der Waals surface area contributed by atoms with Crippen LogP contribution in [-0.4, -0.2) is 51.6 Å². The van der Waals surface area contributed by atoms with E-state index in [0.29, 0.717) is 24.6 Å². The van der Waals surface area contributed by atoms with Crippen LogP contribution in [0, 0.1) is 0 Å². The van der Waals surface area contributed by atoms with Crippen molar-refractivity contribution in [1.29, 1.82) is 0 Å². The smallest absolute Gasteiger partial charge is 0.264 e. The van der Waals surface area contributed by atoms with Gasteiger partial charge in [-0.2, -0.15) is 0 Å². The second-order valence-electron chi connectivity index (χ2n) is 5.44. The highest BCUT2D eigenvalue weighted by Crippen LogP contribution is 2.40. The molecule has 3 rings (SSSR count). The summed E-state index contributed by atoms with van der Waals surface area (Å²) in [6.07, 6.45) is 3.04. The van der Waals surface area contributed by atoms with Crippen molar-refractivity contribution in [3.05, 3.63) is 16.3 Å². The van der Waals surface area contributed by atoms with Gasteiger partial charge >= 0.3 is 0 Å². The lowest BCUT2D eigenvalue weighted by molar-refractivity contribution is -0.0875. The Hall–Kier alpha value is -0.960. The number of hydrogen-bond acceptors (Lipinski definition) is 5. The van der Waals surface area contributed by atoms with Crippen molar-refractivity contribution in [2.24, 2.45) is 0 Å². The Bertz CT molecular complexity index is 649. The summed E-state index contributed by atoms with van der Waals surface area (Å²) >= 11 is 1.18. The molecule has 0 aromatic carbocycles. The number of morpholine rings is 1. The van der Waals surface area contributed by atoms with Crippen LogP contribution in [0.15, 0.2) is 16.3 Å². The first-order valence-electron chi connectivity index (χ1n) is 6.90. The molecular formula is C13H18N2O4S2. The van der Waals surface area contributed by atoms with Gasteiger partial charge < -0.3 is 9.64 Å². The zero-order valence-corrected chi connectivity index (χ0v) is 13.4. The Labute approximate surface area is 128 Å². The van der Waals surface area contributed by atoms with Crippen LogP contribution in [0.25, 0.3) is 0 Å². The highest BCUT2D eigenvalue weighted by molar-refractivity contribution is 7.89. The molecule has 6 nitrogen and oxygen atoms in total. The predicted molar refractivity (Wildman–Crippen MR) is 79.0 cm³/mol. The monoisotopic (exact) mass is 330 g/mol. The summed E-state index contributed by atoms with van der Waals surface area (Å²) in [4.78, 5) is 15.2. The molecule has 21 heavy (non-hydrogen) atoms. The third-order valence-corrected chi connectivity index (χ3v) is 6.76. The van der Waals surface area contributed by atoms with Crippen LogP contribution in [0.3, 0.4) is 0 Å². The molecule has 1 amide bonds. The minimum Gasteiger partial charge on any atom is -0.377 e. The van der Waals surface area contributed by atoms with Crippen molar-refractivity contribution < 1.29 is 17.9 Å². The fraction of sp³-hybridized carbons (Fsp3) is 0.615. The normalized spacial score (nSPS) is 21.3. The van der Waals surface area contributed by atoms with Gasteiger partial charge in [0, 0.05) is 11.9 Å². The lowest BCUT2D eigenvalue weighted by Crippen LogP contribution is -2.62. The van der Waals surface area contributed by atoms with E-state index in [9.17, 15) is 13.2 Å². The summed E-state index contributed by atoms with van der Waals surface area (Å²) in [5.74, 6) is -0.0828. The van der Waals surface area contributed by atoms with E-state index >= 15 is 0 Å². The Morgan fingerprint density at radius 1 is 1.48 bits per heavy atom. The summed E-state index contributed by atoms with van der Waals surface area (Å²) in [5, 5.41) is 1.51. The maximum absolute atomic E-state index is 12.7. The topological polar surface area (TPSA) is 75.7 Å². The summed E-state index contributed by atoms with van der Waals surface area (Å²) in [6.45, 7) is 1.71. The van der Waals surface area contributed by atoms with Gasteiger partial charge in [-0.25, -0.2) is 13.1 Å². The van der Waals surface area contributed by atoms with E-state index in [2.05, 4.69) is 4.72 Å². The first-order valence-corrected chi connectivity index (χ1v) is 9.27. The van der Waals surface area contributed by atoms with Gasteiger partial charge in [-0.05, 0) is 32.4 Å². The first-order chi connectivity index (χ1) is 9.98. The number of rotatable bonds is 3. The van der Waals surface area contributed by atoms with Gasteiger partial charge in [-0.3, -0.25) is 4.79 Å². The van der Waals surface area contributed by atoms with E-state index in [0.717, 1.165) is 19.3 Å². The molecule has 116 valence electrons. The lowest BCUT2D eigenvalue weighted by Gasteiger charge is -2.52. The SMILES string of the molecule is CNS(=O)(=O)c1csc(C(=O)N2CCOCC23CCC3)c1. The first kappa shape index (κ1) is 15.0. The predicted octanol–water partition coefficient (Wildman–Crippen LogP) is 1.05. The van der Waals surface area contributed by atoms with Gasteiger partial charge in [0.05, 0.1) is 28.5 Å². The summed E-state index contributed by atoms with van der Waals surface area (Å²) in [6, 6.07) is 1.46. The summed E-state index contributed by atoms with van der Waals surface area (Å²) in [7, 11) is -2.14. The van der Waals surface area contributed by atoms with E-state index in [4.69, 9.17) is 4.74 Å². The van der Waals surface area contributed by atoms with Gasteiger partial charge in [0.1, 0.15) is 0 Å². The van der Waals surface area contributed by atoms with Gasteiger partial charge in [0.25, 0.3) is 5.91 Å². The highest BCUT2D eigenvalue weighted by atomic mass is 32.2. The van der Waals surface area contributed by atoms with Crippen LogP contribution in [0.4, 0.5) is 0 Å². The van der Waals surface area contributed by atoms with Crippen LogP contribution in [0.2, 0.25) is 0 Å². The molecule has 1 aromatic rings. The molecule has 1 saturated carbocycles.